The van der Waals surface area contributed by atoms with Crippen LogP contribution in [-0.4, -0.2) is 19.5 Å². The van der Waals surface area contributed by atoms with Crippen LogP contribution in [-0.2, 0) is 4.12 Å². The van der Waals surface area contributed by atoms with Gasteiger partial charge in [0.05, 0.1) is 0 Å². The van der Waals surface area contributed by atoms with Crippen molar-refractivity contribution >= 4 is 19.5 Å². The molecule has 0 saturated carbocycles. The quantitative estimate of drug-likeness (QED) is 0.501. The monoisotopic (exact) mass is 126 g/mol. The van der Waals surface area contributed by atoms with Crippen molar-refractivity contribution in [2.45, 2.75) is 0 Å². The zero-order chi connectivity index (χ0) is 5.70. The highest BCUT2D eigenvalue weighted by molar-refractivity contribution is 6.65. The maximum atomic E-state index is 4.72. The van der Waals surface area contributed by atoms with Gasteiger partial charge in [-0.05, 0) is 0 Å². The Morgan fingerprint density at radius 2 is 1.86 bits per heavy atom. The molecule has 0 aliphatic heterocycles. The van der Waals surface area contributed by atoms with E-state index in [9.17, 15) is 0 Å². The summed E-state index contributed by atoms with van der Waals surface area (Å²) in [5.74, 6) is 0. The SMILES string of the molecule is C=C[Si](C=C)O[Si]. The predicted octanol–water partition coefficient (Wildman–Crippen LogP) is 0.528. The van der Waals surface area contributed by atoms with Gasteiger partial charge in [0.1, 0.15) is 0 Å². The molecule has 0 rings (SSSR count). The van der Waals surface area contributed by atoms with Crippen LogP contribution in [0.25, 0.3) is 0 Å². The first-order valence-corrected chi connectivity index (χ1v) is 3.77. The molecule has 0 saturated heterocycles. The molecule has 0 N–H and O–H groups in total. The zero-order valence-corrected chi connectivity index (χ0v) is 5.98. The van der Waals surface area contributed by atoms with Crippen molar-refractivity contribution in [1.29, 1.82) is 0 Å². The Morgan fingerprint density at radius 1 is 1.43 bits per heavy atom. The van der Waals surface area contributed by atoms with Crippen molar-refractivity contribution in [3.8, 4) is 0 Å². The number of hydrogen-bond acceptors (Lipinski definition) is 1. The summed E-state index contributed by atoms with van der Waals surface area (Å²) >= 11 is 0. The van der Waals surface area contributed by atoms with Gasteiger partial charge in [-0.25, -0.2) is 0 Å². The van der Waals surface area contributed by atoms with Gasteiger partial charge < -0.3 is 4.12 Å². The highest BCUT2D eigenvalue weighted by Crippen LogP contribution is 1.81. The lowest BCUT2D eigenvalue weighted by Gasteiger charge is -1.95. The molecule has 0 aliphatic rings. The minimum absolute atomic E-state index is 0.921. The molecule has 0 spiro atoms. The second-order valence-corrected chi connectivity index (χ2v) is 3.35. The Bertz CT molecular complexity index is 64.1. The van der Waals surface area contributed by atoms with E-state index >= 15 is 0 Å². The van der Waals surface area contributed by atoms with E-state index in [2.05, 4.69) is 23.6 Å². The summed E-state index contributed by atoms with van der Waals surface area (Å²) in [6.07, 6.45) is 0. The van der Waals surface area contributed by atoms with Gasteiger partial charge in [-0.3, -0.25) is 0 Å². The van der Waals surface area contributed by atoms with Crippen molar-refractivity contribution in [2.75, 3.05) is 0 Å². The van der Waals surface area contributed by atoms with Gasteiger partial charge in [0.15, 0.2) is 0 Å². The van der Waals surface area contributed by atoms with Crippen LogP contribution in [0.3, 0.4) is 0 Å². The summed E-state index contributed by atoms with van der Waals surface area (Å²) in [6.45, 7) is 7.04. The van der Waals surface area contributed by atoms with Crippen LogP contribution in [0.4, 0.5) is 0 Å². The third-order valence-electron chi connectivity index (χ3n) is 0.520. The summed E-state index contributed by atoms with van der Waals surface area (Å²) in [6, 6.07) is 0. The molecule has 0 aromatic carbocycles. The standard InChI is InChI=1S/C4H6OSi2/c1-3-7(4-2)5-6/h3-4H,1-2H2. The van der Waals surface area contributed by atoms with Crippen molar-refractivity contribution in [3.63, 3.8) is 0 Å². The van der Waals surface area contributed by atoms with Gasteiger partial charge in [-0.2, -0.15) is 0 Å². The molecule has 0 aliphatic carbocycles. The van der Waals surface area contributed by atoms with Gasteiger partial charge in [-0.15, -0.1) is 13.2 Å². The molecule has 0 bridgehead atoms. The van der Waals surface area contributed by atoms with E-state index in [0.717, 1.165) is 0 Å². The fraction of sp³-hybridized carbons (Fsp3) is 0. The van der Waals surface area contributed by atoms with Gasteiger partial charge in [-0.1, -0.05) is 11.4 Å². The molecule has 0 aromatic rings. The smallest absolute Gasteiger partial charge is 0.254 e. The van der Waals surface area contributed by atoms with Crippen molar-refractivity contribution in [1.82, 2.24) is 0 Å². The van der Waals surface area contributed by atoms with E-state index in [-0.39, 0.29) is 0 Å². The fourth-order valence-electron chi connectivity index (χ4n) is 0.167. The maximum Gasteiger partial charge on any atom is 0.254 e. The average Bonchev–Trinajstić information content (AvgIpc) is 1.72. The van der Waals surface area contributed by atoms with Crippen molar-refractivity contribution in [2.24, 2.45) is 0 Å². The van der Waals surface area contributed by atoms with Crippen LogP contribution >= 0.6 is 0 Å². The molecule has 0 amide bonds. The van der Waals surface area contributed by atoms with Gasteiger partial charge in [0, 0.05) is 0 Å². The van der Waals surface area contributed by atoms with E-state index in [1.165, 1.54) is 0 Å². The van der Waals surface area contributed by atoms with Gasteiger partial charge in [0.25, 0.3) is 9.04 Å². The van der Waals surface area contributed by atoms with Crippen LogP contribution in [0, 0.1) is 0 Å². The van der Waals surface area contributed by atoms with Crippen molar-refractivity contribution in [3.05, 3.63) is 24.6 Å². The van der Waals surface area contributed by atoms with E-state index in [0.29, 0.717) is 0 Å². The van der Waals surface area contributed by atoms with Gasteiger partial charge in [0.2, 0.25) is 10.5 Å². The third kappa shape index (κ3) is 2.55. The normalized spacial score (nSPS) is 8.86. The van der Waals surface area contributed by atoms with Gasteiger partial charge >= 0.3 is 0 Å². The molecule has 0 aromatic heterocycles. The Hall–Kier alpha value is -0.126. The summed E-state index contributed by atoms with van der Waals surface area (Å²) in [4.78, 5) is 0. The Balaban J connectivity index is 3.36. The summed E-state index contributed by atoms with van der Waals surface area (Å²) < 4.78 is 4.72. The Kier molecular flexibility index (Phi) is 3.97. The maximum absolute atomic E-state index is 4.72. The van der Waals surface area contributed by atoms with E-state index in [1.807, 2.05) is 0 Å². The van der Waals surface area contributed by atoms with E-state index < -0.39 is 9.04 Å². The minimum Gasteiger partial charge on any atom is -0.451 e. The molecule has 3 heteroatoms. The second-order valence-electron chi connectivity index (χ2n) is 0.913. The first kappa shape index (κ1) is 6.87. The largest absolute Gasteiger partial charge is 0.451 e. The highest BCUT2D eigenvalue weighted by Gasteiger charge is 1.94. The first-order chi connectivity index (χ1) is 3.35. The summed E-state index contributed by atoms with van der Waals surface area (Å²) in [5, 5.41) is 0. The molecule has 0 heterocycles. The summed E-state index contributed by atoms with van der Waals surface area (Å²) in [7, 11) is 1.96. The van der Waals surface area contributed by atoms with Crippen LogP contribution in [0.5, 0.6) is 0 Å². The lowest BCUT2D eigenvalue weighted by atomic mass is 11.2. The van der Waals surface area contributed by atoms with Crippen LogP contribution in [0.2, 0.25) is 0 Å². The molecular weight excluding hydrogens is 120 g/mol. The average molecular weight is 126 g/mol. The lowest BCUT2D eigenvalue weighted by molar-refractivity contribution is 0.659. The molecule has 0 fully saturated rings. The zero-order valence-electron chi connectivity index (χ0n) is 3.98. The molecule has 1 nitrogen and oxygen atoms in total. The molecule has 0 atom stereocenters. The lowest BCUT2D eigenvalue weighted by Crippen LogP contribution is -2.08. The Labute approximate surface area is 49.0 Å². The fourth-order valence-corrected chi connectivity index (χ4v) is 1.00. The second kappa shape index (κ2) is 4.04. The third-order valence-corrected chi connectivity index (χ3v) is 2.27. The molecule has 4 radical (unpaired) electrons. The summed E-state index contributed by atoms with van der Waals surface area (Å²) in [5.41, 5.74) is 3.48. The molecule has 36 valence electrons. The Morgan fingerprint density at radius 3 is 1.86 bits per heavy atom. The van der Waals surface area contributed by atoms with E-state index in [1.54, 1.807) is 11.4 Å². The molecule has 0 unspecified atom stereocenters. The van der Waals surface area contributed by atoms with Crippen LogP contribution in [0.1, 0.15) is 0 Å². The topological polar surface area (TPSA) is 9.23 Å². The molecule has 7 heavy (non-hydrogen) atoms. The van der Waals surface area contributed by atoms with Crippen LogP contribution in [0.15, 0.2) is 24.6 Å². The number of hydrogen-bond donors (Lipinski definition) is 0. The van der Waals surface area contributed by atoms with Crippen molar-refractivity contribution < 1.29 is 4.12 Å². The molecular formula is C4H6OSi2. The highest BCUT2D eigenvalue weighted by atomic mass is 28.3. The van der Waals surface area contributed by atoms with Crippen LogP contribution < -0.4 is 0 Å². The predicted molar refractivity (Wildman–Crippen MR) is 33.0 cm³/mol. The minimum atomic E-state index is -0.921. The number of rotatable bonds is 3. The van der Waals surface area contributed by atoms with E-state index in [4.69, 9.17) is 4.12 Å². The first-order valence-electron chi connectivity index (χ1n) is 1.80.